The lowest BCUT2D eigenvalue weighted by atomic mass is 9.98. The van der Waals surface area contributed by atoms with Gasteiger partial charge < -0.3 is 10.1 Å². The molecule has 1 saturated carbocycles. The molecular weight excluding hydrogens is 266 g/mol. The maximum atomic E-state index is 6.40. The molecule has 1 saturated heterocycles. The fraction of sp³-hybridized carbons (Fsp3) is 0.765. The van der Waals surface area contributed by atoms with E-state index < -0.39 is 0 Å². The summed E-state index contributed by atoms with van der Waals surface area (Å²) < 4.78 is 6.40. The van der Waals surface area contributed by atoms with E-state index in [9.17, 15) is 0 Å². The summed E-state index contributed by atoms with van der Waals surface area (Å²) in [6, 6.07) is 4.87. The third kappa shape index (κ3) is 3.10. The second-order valence-electron chi connectivity index (χ2n) is 6.81. The lowest BCUT2D eigenvalue weighted by Crippen LogP contribution is -2.34. The van der Waals surface area contributed by atoms with Crippen molar-refractivity contribution in [3.63, 3.8) is 0 Å². The van der Waals surface area contributed by atoms with Crippen LogP contribution in [0.25, 0.3) is 0 Å². The zero-order valence-corrected chi connectivity index (χ0v) is 13.5. The number of rotatable bonds is 5. The van der Waals surface area contributed by atoms with Crippen molar-refractivity contribution in [1.29, 1.82) is 0 Å². The first-order chi connectivity index (χ1) is 9.69. The number of hydrogen-bond acceptors (Lipinski definition) is 3. The minimum atomic E-state index is 0.266. The Balaban J connectivity index is 1.53. The Hall–Kier alpha value is -0.380. The average Bonchev–Trinajstić information content (AvgIpc) is 3.14. The monoisotopic (exact) mass is 293 g/mol. The van der Waals surface area contributed by atoms with E-state index in [1.54, 1.807) is 0 Å². The second kappa shape index (κ2) is 6.17. The summed E-state index contributed by atoms with van der Waals surface area (Å²) in [6.45, 7) is 5.60. The van der Waals surface area contributed by atoms with Gasteiger partial charge in [-0.2, -0.15) is 0 Å². The Labute approximate surface area is 126 Å². The summed E-state index contributed by atoms with van der Waals surface area (Å²) in [5, 5.41) is 5.93. The number of nitrogens with one attached hydrogen (secondary N) is 1. The van der Waals surface area contributed by atoms with Gasteiger partial charge in [-0.05, 0) is 43.0 Å². The van der Waals surface area contributed by atoms with Crippen LogP contribution in [-0.4, -0.2) is 18.2 Å². The third-order valence-electron chi connectivity index (χ3n) is 4.94. The fourth-order valence-electron chi connectivity index (χ4n) is 3.82. The van der Waals surface area contributed by atoms with Crippen LogP contribution in [-0.2, 0) is 4.74 Å². The smallest absolute Gasteiger partial charge is 0.0708 e. The van der Waals surface area contributed by atoms with Crippen LogP contribution in [0.15, 0.2) is 17.5 Å². The summed E-state index contributed by atoms with van der Waals surface area (Å²) in [7, 11) is 0. The maximum Gasteiger partial charge on any atom is 0.0708 e. The molecule has 1 N–H and O–H groups in total. The van der Waals surface area contributed by atoms with Crippen molar-refractivity contribution in [3.8, 4) is 0 Å². The molecule has 2 nitrogen and oxygen atoms in total. The largest absolute Gasteiger partial charge is 0.370 e. The van der Waals surface area contributed by atoms with Crippen molar-refractivity contribution >= 4 is 11.3 Å². The molecule has 2 atom stereocenters. The van der Waals surface area contributed by atoms with Gasteiger partial charge in [-0.25, -0.2) is 0 Å². The molecule has 2 unspecified atom stereocenters. The van der Waals surface area contributed by atoms with E-state index >= 15 is 0 Å². The molecule has 0 bridgehead atoms. The quantitative estimate of drug-likeness (QED) is 0.861. The lowest BCUT2D eigenvalue weighted by Gasteiger charge is -2.26. The maximum absolute atomic E-state index is 6.40. The highest BCUT2D eigenvalue weighted by Gasteiger charge is 2.42. The third-order valence-corrected chi connectivity index (χ3v) is 5.89. The highest BCUT2D eigenvalue weighted by molar-refractivity contribution is 7.10. The Bertz CT molecular complexity index is 409. The number of ether oxygens (including phenoxy) is 1. The molecule has 0 aromatic carbocycles. The minimum absolute atomic E-state index is 0.266. The van der Waals surface area contributed by atoms with Crippen LogP contribution in [0, 0.1) is 5.92 Å². The molecule has 3 heteroatoms. The Kier molecular flexibility index (Phi) is 4.49. The van der Waals surface area contributed by atoms with E-state index in [0.717, 1.165) is 6.54 Å². The topological polar surface area (TPSA) is 21.3 Å². The van der Waals surface area contributed by atoms with Crippen LogP contribution >= 0.6 is 11.3 Å². The standard InChI is InChI=1S/C17H27NOS/c1-13(2)16(15-6-5-11-20-15)18-12-14-7-10-17(19-14)8-3-4-9-17/h5-6,11,13-14,16,18H,3-4,7-10,12H2,1-2H3. The van der Waals surface area contributed by atoms with Crippen LogP contribution in [0.3, 0.4) is 0 Å². The van der Waals surface area contributed by atoms with E-state index in [1.807, 2.05) is 11.3 Å². The van der Waals surface area contributed by atoms with Crippen molar-refractivity contribution < 1.29 is 4.74 Å². The predicted octanol–water partition coefficient (Wildman–Crippen LogP) is 4.53. The first-order valence-electron chi connectivity index (χ1n) is 8.13. The first kappa shape index (κ1) is 14.6. The summed E-state index contributed by atoms with van der Waals surface area (Å²) >= 11 is 1.86. The molecule has 20 heavy (non-hydrogen) atoms. The molecule has 1 aliphatic heterocycles. The Morgan fingerprint density at radius 3 is 2.80 bits per heavy atom. The van der Waals surface area contributed by atoms with Crippen LogP contribution < -0.4 is 5.32 Å². The Morgan fingerprint density at radius 1 is 1.35 bits per heavy atom. The molecule has 3 rings (SSSR count). The van der Waals surface area contributed by atoms with Crippen molar-refractivity contribution in [2.75, 3.05) is 6.54 Å². The van der Waals surface area contributed by atoms with Gasteiger partial charge in [-0.1, -0.05) is 32.8 Å². The molecule has 0 radical (unpaired) electrons. The van der Waals surface area contributed by atoms with Gasteiger partial charge >= 0.3 is 0 Å². The predicted molar refractivity (Wildman–Crippen MR) is 85.2 cm³/mol. The average molecular weight is 293 g/mol. The van der Waals surface area contributed by atoms with Crippen LogP contribution in [0.4, 0.5) is 0 Å². The molecule has 2 fully saturated rings. The van der Waals surface area contributed by atoms with Gasteiger partial charge in [0.15, 0.2) is 0 Å². The SMILES string of the molecule is CC(C)C(NCC1CCC2(CCCC2)O1)c1cccs1. The highest BCUT2D eigenvalue weighted by atomic mass is 32.1. The number of hydrogen-bond donors (Lipinski definition) is 1. The normalized spacial score (nSPS) is 26.6. The molecule has 2 aliphatic rings. The van der Waals surface area contributed by atoms with Gasteiger partial charge in [-0.15, -0.1) is 11.3 Å². The van der Waals surface area contributed by atoms with Gasteiger partial charge in [0.1, 0.15) is 0 Å². The van der Waals surface area contributed by atoms with Crippen molar-refractivity contribution in [2.24, 2.45) is 5.92 Å². The first-order valence-corrected chi connectivity index (χ1v) is 9.01. The summed E-state index contributed by atoms with van der Waals surface area (Å²) in [5.41, 5.74) is 0.266. The van der Waals surface area contributed by atoms with Gasteiger partial charge in [0.25, 0.3) is 0 Å². The number of thiophene rings is 1. The van der Waals surface area contributed by atoms with Gasteiger partial charge in [-0.3, -0.25) is 0 Å². The molecule has 1 aliphatic carbocycles. The molecule has 112 valence electrons. The van der Waals surface area contributed by atoms with E-state index in [4.69, 9.17) is 4.74 Å². The second-order valence-corrected chi connectivity index (χ2v) is 7.79. The van der Waals surface area contributed by atoms with E-state index in [-0.39, 0.29) is 5.60 Å². The van der Waals surface area contributed by atoms with Crippen molar-refractivity contribution in [2.45, 2.75) is 70.1 Å². The molecule has 1 aromatic rings. The molecule has 2 heterocycles. The van der Waals surface area contributed by atoms with Gasteiger partial charge in [0.2, 0.25) is 0 Å². The van der Waals surface area contributed by atoms with Crippen LogP contribution in [0.1, 0.15) is 63.3 Å². The zero-order chi connectivity index (χ0) is 14.0. The lowest BCUT2D eigenvalue weighted by molar-refractivity contribution is -0.0362. The summed E-state index contributed by atoms with van der Waals surface area (Å²) in [4.78, 5) is 1.45. The fourth-order valence-corrected chi connectivity index (χ4v) is 4.79. The van der Waals surface area contributed by atoms with Gasteiger partial charge in [0, 0.05) is 17.5 Å². The zero-order valence-electron chi connectivity index (χ0n) is 12.7. The van der Waals surface area contributed by atoms with Crippen molar-refractivity contribution in [1.82, 2.24) is 5.32 Å². The van der Waals surface area contributed by atoms with Crippen LogP contribution in [0.5, 0.6) is 0 Å². The summed E-state index contributed by atoms with van der Waals surface area (Å²) in [6.07, 6.45) is 8.26. The molecule has 1 spiro atoms. The Morgan fingerprint density at radius 2 is 2.15 bits per heavy atom. The molecule has 0 amide bonds. The summed E-state index contributed by atoms with van der Waals surface area (Å²) in [5.74, 6) is 0.621. The van der Waals surface area contributed by atoms with Gasteiger partial charge in [0.05, 0.1) is 11.7 Å². The van der Waals surface area contributed by atoms with Crippen molar-refractivity contribution in [3.05, 3.63) is 22.4 Å². The van der Waals surface area contributed by atoms with E-state index in [2.05, 4.69) is 36.7 Å². The molecular formula is C17H27NOS. The van der Waals surface area contributed by atoms with E-state index in [1.165, 1.54) is 43.4 Å². The van der Waals surface area contributed by atoms with E-state index in [0.29, 0.717) is 18.1 Å². The highest BCUT2D eigenvalue weighted by Crippen LogP contribution is 2.43. The van der Waals surface area contributed by atoms with Crippen LogP contribution in [0.2, 0.25) is 0 Å². The minimum Gasteiger partial charge on any atom is -0.370 e. The molecule has 1 aromatic heterocycles.